The Bertz CT molecular complexity index is 1230. The molecule has 0 aliphatic rings. The molecule has 0 radical (unpaired) electrons. The molecule has 1 aromatic heterocycles. The van der Waals surface area contributed by atoms with Crippen LogP contribution in [-0.2, 0) is 11.2 Å². The van der Waals surface area contributed by atoms with E-state index in [1.165, 1.54) is 24.1 Å². The van der Waals surface area contributed by atoms with Gasteiger partial charge in [0, 0.05) is 27.9 Å². The molecule has 1 heterocycles. The molecule has 6 heteroatoms. The number of aromatic nitrogens is 1. The topological polar surface area (TPSA) is 42.2 Å². The third-order valence-corrected chi connectivity index (χ3v) is 6.45. The van der Waals surface area contributed by atoms with E-state index in [-0.39, 0.29) is 12.2 Å². The first-order valence-corrected chi connectivity index (χ1v) is 10.6. The number of aliphatic carboxylic acids is 1. The van der Waals surface area contributed by atoms with Crippen LogP contribution in [0.4, 0.5) is 4.39 Å². The van der Waals surface area contributed by atoms with Crippen molar-refractivity contribution >= 4 is 40.4 Å². The van der Waals surface area contributed by atoms with Crippen molar-refractivity contribution in [3.8, 4) is 11.1 Å². The lowest BCUT2D eigenvalue weighted by molar-refractivity contribution is -0.136. The molecule has 0 unspecified atom stereocenters. The number of fused-ring (bicyclic) bond motifs is 1. The zero-order valence-corrected chi connectivity index (χ0v) is 17.8. The standard InChI is InChI=1S/C24H19ClFNO2S/c1-15-20(16-5-8-18(25)9-6-16)3-2-4-23(15)30-27-14-17(7-12-24(28)29)21-13-19(26)10-11-22(21)27/h2-6,8-11,13-14H,7,12H2,1H3,(H,28,29). The average Bonchev–Trinajstić information content (AvgIpc) is 3.05. The molecular formula is C24H19ClFNO2S. The quantitative estimate of drug-likeness (QED) is 0.352. The Balaban J connectivity index is 1.73. The van der Waals surface area contributed by atoms with Gasteiger partial charge in [-0.25, -0.2) is 4.39 Å². The predicted molar refractivity (Wildman–Crippen MR) is 121 cm³/mol. The molecule has 0 fully saturated rings. The van der Waals surface area contributed by atoms with Crippen molar-refractivity contribution < 1.29 is 14.3 Å². The summed E-state index contributed by atoms with van der Waals surface area (Å²) in [6.07, 6.45) is 2.27. The van der Waals surface area contributed by atoms with Gasteiger partial charge in [-0.15, -0.1) is 0 Å². The van der Waals surface area contributed by atoms with Gasteiger partial charge in [0.2, 0.25) is 0 Å². The zero-order valence-electron chi connectivity index (χ0n) is 16.2. The molecule has 0 saturated carbocycles. The summed E-state index contributed by atoms with van der Waals surface area (Å²) in [7, 11) is 0. The van der Waals surface area contributed by atoms with Crippen LogP contribution in [0.3, 0.4) is 0 Å². The van der Waals surface area contributed by atoms with Crippen LogP contribution in [0, 0.1) is 12.7 Å². The molecule has 1 N–H and O–H groups in total. The van der Waals surface area contributed by atoms with Gasteiger partial charge >= 0.3 is 5.97 Å². The van der Waals surface area contributed by atoms with Crippen LogP contribution >= 0.6 is 23.5 Å². The minimum absolute atomic E-state index is 0.00533. The maximum atomic E-state index is 13.8. The summed E-state index contributed by atoms with van der Waals surface area (Å²) in [6.45, 7) is 2.07. The number of rotatable bonds is 6. The Labute approximate surface area is 183 Å². The van der Waals surface area contributed by atoms with Crippen LogP contribution in [0.1, 0.15) is 17.5 Å². The van der Waals surface area contributed by atoms with E-state index in [4.69, 9.17) is 16.7 Å². The van der Waals surface area contributed by atoms with E-state index in [1.54, 1.807) is 6.07 Å². The first-order chi connectivity index (χ1) is 14.4. The Hall–Kier alpha value is -2.76. The van der Waals surface area contributed by atoms with Gasteiger partial charge in [0.15, 0.2) is 0 Å². The molecule has 0 aliphatic carbocycles. The summed E-state index contributed by atoms with van der Waals surface area (Å²) in [5.41, 5.74) is 5.01. The Morgan fingerprint density at radius 2 is 1.90 bits per heavy atom. The van der Waals surface area contributed by atoms with E-state index in [1.807, 2.05) is 46.6 Å². The molecular weight excluding hydrogens is 421 g/mol. The van der Waals surface area contributed by atoms with E-state index < -0.39 is 5.97 Å². The third kappa shape index (κ3) is 4.23. The van der Waals surface area contributed by atoms with Crippen molar-refractivity contribution in [2.45, 2.75) is 24.7 Å². The summed E-state index contributed by atoms with van der Waals surface area (Å²) in [6, 6.07) is 18.5. The van der Waals surface area contributed by atoms with Crippen LogP contribution in [-0.4, -0.2) is 15.0 Å². The van der Waals surface area contributed by atoms with Gasteiger partial charge in [-0.1, -0.05) is 35.9 Å². The number of carboxylic acids is 1. The highest BCUT2D eigenvalue weighted by Crippen LogP contribution is 2.35. The fourth-order valence-electron chi connectivity index (χ4n) is 3.52. The number of hydrogen-bond acceptors (Lipinski definition) is 2. The van der Waals surface area contributed by atoms with Gasteiger partial charge in [0.25, 0.3) is 0 Å². The summed E-state index contributed by atoms with van der Waals surface area (Å²) in [5.74, 6) is -1.20. The molecule has 3 aromatic carbocycles. The van der Waals surface area contributed by atoms with E-state index in [0.29, 0.717) is 11.4 Å². The molecule has 0 aliphatic heterocycles. The first kappa shape index (κ1) is 20.5. The predicted octanol–water partition coefficient (Wildman–Crippen LogP) is 6.98. The zero-order chi connectivity index (χ0) is 21.3. The lowest BCUT2D eigenvalue weighted by atomic mass is 10.0. The Kier molecular flexibility index (Phi) is 5.84. The molecule has 0 bridgehead atoms. The van der Waals surface area contributed by atoms with Gasteiger partial charge in [-0.05, 0) is 83.9 Å². The number of hydrogen-bond donors (Lipinski definition) is 1. The van der Waals surface area contributed by atoms with Gasteiger partial charge in [-0.3, -0.25) is 8.77 Å². The number of nitrogens with zero attached hydrogens (tertiary/aromatic N) is 1. The molecule has 0 amide bonds. The van der Waals surface area contributed by atoms with Crippen molar-refractivity contribution in [3.63, 3.8) is 0 Å². The number of carbonyl (C=O) groups is 1. The molecule has 30 heavy (non-hydrogen) atoms. The smallest absolute Gasteiger partial charge is 0.303 e. The average molecular weight is 440 g/mol. The van der Waals surface area contributed by atoms with Crippen molar-refractivity contribution in [1.82, 2.24) is 3.97 Å². The molecule has 4 rings (SSSR count). The van der Waals surface area contributed by atoms with Gasteiger partial charge < -0.3 is 5.11 Å². The molecule has 4 aromatic rings. The largest absolute Gasteiger partial charge is 0.481 e. The normalized spacial score (nSPS) is 11.2. The minimum atomic E-state index is -0.869. The van der Waals surface area contributed by atoms with Crippen LogP contribution < -0.4 is 0 Å². The molecule has 0 atom stereocenters. The number of carboxylic acid groups (broad SMARTS) is 1. The van der Waals surface area contributed by atoms with E-state index in [0.717, 1.165) is 38.1 Å². The fourth-order valence-corrected chi connectivity index (χ4v) is 4.68. The summed E-state index contributed by atoms with van der Waals surface area (Å²) in [4.78, 5) is 12.1. The lowest BCUT2D eigenvalue weighted by Gasteiger charge is -2.12. The van der Waals surface area contributed by atoms with Crippen molar-refractivity contribution in [1.29, 1.82) is 0 Å². The van der Waals surface area contributed by atoms with E-state index in [9.17, 15) is 9.18 Å². The van der Waals surface area contributed by atoms with Gasteiger partial charge in [0.05, 0.1) is 5.52 Å². The number of aryl methyl sites for hydroxylation is 1. The molecule has 3 nitrogen and oxygen atoms in total. The van der Waals surface area contributed by atoms with Crippen LogP contribution in [0.2, 0.25) is 5.02 Å². The third-order valence-electron chi connectivity index (χ3n) is 5.06. The SMILES string of the molecule is Cc1c(Sn2cc(CCC(=O)O)c3cc(F)ccc32)cccc1-c1ccc(Cl)cc1. The van der Waals surface area contributed by atoms with Crippen molar-refractivity contribution in [2.75, 3.05) is 0 Å². The Morgan fingerprint density at radius 1 is 1.13 bits per heavy atom. The number of halogens is 2. The lowest BCUT2D eigenvalue weighted by Crippen LogP contribution is -1.96. The van der Waals surface area contributed by atoms with Crippen LogP contribution in [0.25, 0.3) is 22.0 Å². The second-order valence-corrected chi connectivity index (χ2v) is 8.51. The summed E-state index contributed by atoms with van der Waals surface area (Å²) in [5, 5.41) is 10.5. The van der Waals surface area contributed by atoms with Gasteiger partial charge in [-0.2, -0.15) is 0 Å². The molecule has 152 valence electrons. The van der Waals surface area contributed by atoms with E-state index >= 15 is 0 Å². The maximum Gasteiger partial charge on any atom is 0.303 e. The Morgan fingerprint density at radius 3 is 2.63 bits per heavy atom. The van der Waals surface area contributed by atoms with Crippen molar-refractivity contribution in [2.24, 2.45) is 0 Å². The van der Waals surface area contributed by atoms with Crippen LogP contribution in [0.15, 0.2) is 71.8 Å². The first-order valence-electron chi connectivity index (χ1n) is 9.47. The van der Waals surface area contributed by atoms with Crippen molar-refractivity contribution in [3.05, 3.63) is 88.8 Å². The fraction of sp³-hybridized carbons (Fsp3) is 0.125. The maximum absolute atomic E-state index is 13.8. The summed E-state index contributed by atoms with van der Waals surface area (Å²) < 4.78 is 15.8. The summed E-state index contributed by atoms with van der Waals surface area (Å²) >= 11 is 7.56. The van der Waals surface area contributed by atoms with E-state index in [2.05, 4.69) is 13.0 Å². The highest BCUT2D eigenvalue weighted by atomic mass is 35.5. The highest BCUT2D eigenvalue weighted by molar-refractivity contribution is 7.98. The molecule has 0 saturated heterocycles. The second kappa shape index (κ2) is 8.54. The van der Waals surface area contributed by atoms with Gasteiger partial charge in [0.1, 0.15) is 5.82 Å². The monoisotopic (exact) mass is 439 g/mol. The van der Waals surface area contributed by atoms with Crippen LogP contribution in [0.5, 0.6) is 0 Å². The number of benzene rings is 3. The second-order valence-electron chi connectivity index (χ2n) is 7.06. The minimum Gasteiger partial charge on any atom is -0.481 e. The molecule has 0 spiro atoms. The highest BCUT2D eigenvalue weighted by Gasteiger charge is 2.14.